The van der Waals surface area contributed by atoms with Gasteiger partial charge in [0.05, 0.1) is 9.82 Å². The number of nitrogens with zero attached hydrogens (tertiary/aromatic N) is 2. The first-order valence-corrected chi connectivity index (χ1v) is 8.86. The van der Waals surface area contributed by atoms with Crippen LogP contribution < -0.4 is 9.62 Å². The van der Waals surface area contributed by atoms with Crippen molar-refractivity contribution in [3.05, 3.63) is 45.3 Å². The van der Waals surface area contributed by atoms with Crippen molar-refractivity contribution in [2.45, 2.75) is 11.3 Å². The molecule has 2 heterocycles. The second-order valence-electron chi connectivity index (χ2n) is 4.77. The summed E-state index contributed by atoms with van der Waals surface area (Å²) in [7, 11) is -2.19. The predicted molar refractivity (Wildman–Crippen MR) is 84.4 cm³/mol. The molecule has 0 amide bonds. The average molecular weight is 339 g/mol. The number of thiophene rings is 1. The minimum Gasteiger partial charge on any atom is -0.327 e. The number of fused-ring (bicyclic) bond motifs is 1. The van der Waals surface area contributed by atoms with Gasteiger partial charge in [0, 0.05) is 18.3 Å². The fourth-order valence-electron chi connectivity index (χ4n) is 2.49. The van der Waals surface area contributed by atoms with Crippen molar-refractivity contribution in [3.8, 4) is 0 Å². The molecule has 9 heteroatoms. The Hall–Kier alpha value is -1.97. The Morgan fingerprint density at radius 1 is 1.36 bits per heavy atom. The van der Waals surface area contributed by atoms with Gasteiger partial charge in [0.2, 0.25) is 10.0 Å². The molecule has 7 nitrogen and oxygen atoms in total. The first-order chi connectivity index (χ1) is 10.4. The van der Waals surface area contributed by atoms with Crippen molar-refractivity contribution in [3.63, 3.8) is 0 Å². The number of benzene rings is 1. The van der Waals surface area contributed by atoms with E-state index in [0.717, 1.165) is 12.0 Å². The quantitative estimate of drug-likeness (QED) is 0.681. The second-order valence-corrected chi connectivity index (χ2v) is 7.55. The molecule has 1 N–H and O–H groups in total. The van der Waals surface area contributed by atoms with Crippen molar-refractivity contribution < 1.29 is 13.3 Å². The highest BCUT2D eigenvalue weighted by atomic mass is 32.2. The van der Waals surface area contributed by atoms with Gasteiger partial charge in [0.1, 0.15) is 0 Å². The number of nitrogens with one attached hydrogen (secondary N) is 1. The summed E-state index contributed by atoms with van der Waals surface area (Å²) in [5.74, 6) is 0. The zero-order valence-electron chi connectivity index (χ0n) is 11.6. The highest BCUT2D eigenvalue weighted by Gasteiger charge is 2.29. The maximum Gasteiger partial charge on any atom is 0.303 e. The highest BCUT2D eigenvalue weighted by Crippen LogP contribution is 2.43. The second kappa shape index (κ2) is 5.34. The normalized spacial score (nSPS) is 14.1. The van der Waals surface area contributed by atoms with Gasteiger partial charge in [-0.25, -0.2) is 13.1 Å². The van der Waals surface area contributed by atoms with Gasteiger partial charge >= 0.3 is 5.69 Å². The smallest absolute Gasteiger partial charge is 0.303 e. The van der Waals surface area contributed by atoms with Crippen molar-refractivity contribution in [2.24, 2.45) is 0 Å². The van der Waals surface area contributed by atoms with Crippen LogP contribution in [-0.4, -0.2) is 26.9 Å². The number of anilines is 2. The molecule has 1 aliphatic rings. The number of rotatable bonds is 4. The lowest BCUT2D eigenvalue weighted by Gasteiger charge is -2.17. The molecular weight excluding hydrogens is 326 g/mol. The molecule has 0 unspecified atom stereocenters. The number of sulfonamides is 1. The molecule has 0 aliphatic carbocycles. The largest absolute Gasteiger partial charge is 0.327 e. The van der Waals surface area contributed by atoms with Crippen molar-refractivity contribution in [1.29, 1.82) is 0 Å². The van der Waals surface area contributed by atoms with Gasteiger partial charge in [0.15, 0.2) is 5.00 Å². The molecule has 0 spiro atoms. The van der Waals surface area contributed by atoms with Crippen molar-refractivity contribution >= 4 is 37.7 Å². The maximum absolute atomic E-state index is 11.9. The highest BCUT2D eigenvalue weighted by molar-refractivity contribution is 7.89. The van der Waals surface area contributed by atoms with Gasteiger partial charge in [-0.15, -0.1) is 11.3 Å². The Morgan fingerprint density at radius 2 is 2.14 bits per heavy atom. The summed E-state index contributed by atoms with van der Waals surface area (Å²) >= 11 is 1.28. The minimum atomic E-state index is -3.55. The summed E-state index contributed by atoms with van der Waals surface area (Å²) in [5, 5.41) is 13.3. The monoisotopic (exact) mass is 339 g/mol. The molecule has 2 aromatic rings. The lowest BCUT2D eigenvalue weighted by molar-refractivity contribution is -0.383. The van der Waals surface area contributed by atoms with Crippen LogP contribution in [0.3, 0.4) is 0 Å². The molecule has 0 radical (unpaired) electrons. The molecule has 0 saturated carbocycles. The van der Waals surface area contributed by atoms with Gasteiger partial charge in [-0.1, -0.05) is 6.07 Å². The van der Waals surface area contributed by atoms with Crippen LogP contribution in [0.4, 0.5) is 16.4 Å². The van der Waals surface area contributed by atoms with E-state index in [9.17, 15) is 18.5 Å². The Bertz CT molecular complexity index is 845. The third-order valence-electron chi connectivity index (χ3n) is 3.60. The Morgan fingerprint density at radius 3 is 2.82 bits per heavy atom. The lowest BCUT2D eigenvalue weighted by atomic mass is 10.2. The van der Waals surface area contributed by atoms with E-state index in [1.165, 1.54) is 24.5 Å². The molecule has 0 fully saturated rings. The summed E-state index contributed by atoms with van der Waals surface area (Å²) in [6.07, 6.45) is 0.726. The molecule has 22 heavy (non-hydrogen) atoms. The van der Waals surface area contributed by atoms with Crippen LogP contribution in [0.1, 0.15) is 5.56 Å². The molecule has 116 valence electrons. The fourth-order valence-corrected chi connectivity index (χ4v) is 4.15. The number of nitro groups is 1. The van der Waals surface area contributed by atoms with Crippen LogP contribution >= 0.6 is 11.3 Å². The summed E-state index contributed by atoms with van der Waals surface area (Å²) in [6.45, 7) is 0.597. The van der Waals surface area contributed by atoms with Gasteiger partial charge in [-0.2, -0.15) is 0 Å². The van der Waals surface area contributed by atoms with Crippen LogP contribution in [0.2, 0.25) is 0 Å². The topological polar surface area (TPSA) is 92.6 Å². The van der Waals surface area contributed by atoms with Gasteiger partial charge < -0.3 is 4.90 Å². The van der Waals surface area contributed by atoms with E-state index in [-0.39, 0.29) is 10.6 Å². The van der Waals surface area contributed by atoms with Crippen LogP contribution in [0.5, 0.6) is 0 Å². The third-order valence-corrected chi connectivity index (χ3v) is 5.93. The van der Waals surface area contributed by atoms with Crippen molar-refractivity contribution in [1.82, 2.24) is 4.72 Å². The summed E-state index contributed by atoms with van der Waals surface area (Å²) in [6, 6.07) is 6.35. The third kappa shape index (κ3) is 2.36. The molecule has 3 rings (SSSR count). The zero-order valence-corrected chi connectivity index (χ0v) is 13.3. The summed E-state index contributed by atoms with van der Waals surface area (Å²) < 4.78 is 26.1. The molecule has 0 bridgehead atoms. The zero-order chi connectivity index (χ0) is 15.9. The maximum atomic E-state index is 11.9. The van der Waals surface area contributed by atoms with E-state index in [0.29, 0.717) is 17.2 Å². The standard InChI is InChI=1S/C13H13N3O4S2/c1-14-22(19,20)10-3-2-9-4-6-15(12(9)8-10)13-11(16(17)18)5-7-21-13/h2-3,5,7-8,14H,4,6H2,1H3. The van der Waals surface area contributed by atoms with E-state index < -0.39 is 14.9 Å². The van der Waals surface area contributed by atoms with Crippen LogP contribution in [0, 0.1) is 10.1 Å². The Balaban J connectivity index is 2.09. The molecule has 1 aromatic heterocycles. The minimum absolute atomic E-state index is 0.0414. The van der Waals surface area contributed by atoms with Crippen LogP contribution in [0.15, 0.2) is 34.5 Å². The number of hydrogen-bond donors (Lipinski definition) is 1. The van der Waals surface area contributed by atoms with E-state index in [2.05, 4.69) is 4.72 Å². The molecule has 1 aliphatic heterocycles. The van der Waals surface area contributed by atoms with Crippen LogP contribution in [-0.2, 0) is 16.4 Å². The van der Waals surface area contributed by atoms with Crippen LogP contribution in [0.25, 0.3) is 0 Å². The van der Waals surface area contributed by atoms with E-state index in [1.807, 2.05) is 4.90 Å². The molecule has 0 atom stereocenters. The first-order valence-electron chi connectivity index (χ1n) is 6.50. The Kier molecular flexibility index (Phi) is 3.63. The predicted octanol–water partition coefficient (Wildman–Crippen LogP) is 2.26. The number of hydrogen-bond acceptors (Lipinski definition) is 6. The summed E-state index contributed by atoms with van der Waals surface area (Å²) in [5.41, 5.74) is 1.74. The average Bonchev–Trinajstić information content (AvgIpc) is 3.12. The van der Waals surface area contributed by atoms with Crippen molar-refractivity contribution in [2.75, 3.05) is 18.5 Å². The molecule has 0 saturated heterocycles. The van der Waals surface area contributed by atoms with E-state index >= 15 is 0 Å². The SMILES string of the molecule is CNS(=O)(=O)c1ccc2c(c1)N(c1sccc1[N+](=O)[O-])CC2. The van der Waals surface area contributed by atoms with Gasteiger partial charge in [-0.3, -0.25) is 10.1 Å². The lowest BCUT2D eigenvalue weighted by Crippen LogP contribution is -2.19. The van der Waals surface area contributed by atoms with Gasteiger partial charge in [-0.05, 0) is 36.5 Å². The summed E-state index contributed by atoms with van der Waals surface area (Å²) in [4.78, 5) is 12.7. The van der Waals surface area contributed by atoms with E-state index in [1.54, 1.807) is 23.6 Å². The van der Waals surface area contributed by atoms with E-state index in [4.69, 9.17) is 0 Å². The van der Waals surface area contributed by atoms with Gasteiger partial charge in [0.25, 0.3) is 0 Å². The molecule has 1 aromatic carbocycles. The fraction of sp³-hybridized carbons (Fsp3) is 0.231. The molecular formula is C13H13N3O4S2. The Labute approximate surface area is 131 Å². The first kappa shape index (κ1) is 14.9.